The van der Waals surface area contributed by atoms with Crippen LogP contribution in [0.1, 0.15) is 21.5 Å². The van der Waals surface area contributed by atoms with E-state index < -0.39 is 0 Å². The fourth-order valence-corrected chi connectivity index (χ4v) is 2.59. The molecule has 0 aliphatic carbocycles. The van der Waals surface area contributed by atoms with Crippen molar-refractivity contribution in [3.8, 4) is 0 Å². The lowest BCUT2D eigenvalue weighted by Gasteiger charge is -2.03. The minimum Gasteiger partial charge on any atom is -0.321 e. The minimum absolute atomic E-state index is 0.251. The van der Waals surface area contributed by atoms with Crippen LogP contribution in [0, 0.1) is 6.92 Å². The quantitative estimate of drug-likeness (QED) is 0.537. The van der Waals surface area contributed by atoms with E-state index in [1.807, 2.05) is 25.1 Å². The lowest BCUT2D eigenvalue weighted by Crippen LogP contribution is -2.19. The standard InChI is InChI=1S/C18H14BrN3O2/c1-11-3-2-4-13-9-14(17(23)21-16(11)13)10-20-22-18(24)12-5-7-15(19)8-6-12/h2-10H,1H3,(H,21,23)(H,22,24)/b20-10+. The maximum absolute atomic E-state index is 12.1. The highest BCUT2D eigenvalue weighted by atomic mass is 79.9. The van der Waals surface area contributed by atoms with Gasteiger partial charge in [-0.2, -0.15) is 5.10 Å². The molecule has 5 nitrogen and oxygen atoms in total. The number of rotatable bonds is 3. The smallest absolute Gasteiger partial charge is 0.271 e. The molecule has 24 heavy (non-hydrogen) atoms. The second kappa shape index (κ2) is 6.80. The summed E-state index contributed by atoms with van der Waals surface area (Å²) in [5, 5.41) is 4.79. The van der Waals surface area contributed by atoms with Gasteiger partial charge in [-0.3, -0.25) is 9.59 Å². The third-order valence-corrected chi connectivity index (χ3v) is 4.12. The van der Waals surface area contributed by atoms with Gasteiger partial charge in [-0.25, -0.2) is 5.43 Å². The molecule has 0 atom stereocenters. The van der Waals surface area contributed by atoms with Crippen molar-refractivity contribution >= 4 is 39.0 Å². The molecule has 0 aliphatic rings. The van der Waals surface area contributed by atoms with Crippen molar-refractivity contribution in [1.29, 1.82) is 0 Å². The Morgan fingerprint density at radius 3 is 2.71 bits per heavy atom. The summed E-state index contributed by atoms with van der Waals surface area (Å²) in [6, 6.07) is 14.4. The number of aryl methyl sites for hydroxylation is 1. The van der Waals surface area contributed by atoms with Crippen LogP contribution in [0.2, 0.25) is 0 Å². The number of hydrogen-bond donors (Lipinski definition) is 2. The molecular formula is C18H14BrN3O2. The van der Waals surface area contributed by atoms with Gasteiger partial charge < -0.3 is 4.98 Å². The Bertz CT molecular complexity index is 991. The highest BCUT2D eigenvalue weighted by Gasteiger charge is 2.05. The second-order valence-electron chi connectivity index (χ2n) is 5.30. The summed E-state index contributed by atoms with van der Waals surface area (Å²) >= 11 is 3.31. The van der Waals surface area contributed by atoms with Crippen LogP contribution in [0.4, 0.5) is 0 Å². The fourth-order valence-electron chi connectivity index (χ4n) is 2.32. The predicted molar refractivity (Wildman–Crippen MR) is 98.5 cm³/mol. The summed E-state index contributed by atoms with van der Waals surface area (Å²) in [5.41, 5.74) is 4.83. The maximum Gasteiger partial charge on any atom is 0.271 e. The van der Waals surface area contributed by atoms with Crippen LogP contribution in [0.15, 0.2) is 62.9 Å². The van der Waals surface area contributed by atoms with Gasteiger partial charge in [0.2, 0.25) is 0 Å². The van der Waals surface area contributed by atoms with Gasteiger partial charge >= 0.3 is 0 Å². The van der Waals surface area contributed by atoms with Crippen LogP contribution in [-0.4, -0.2) is 17.1 Å². The molecule has 0 spiro atoms. The average Bonchev–Trinajstić information content (AvgIpc) is 2.57. The first-order chi connectivity index (χ1) is 11.5. The molecule has 0 unspecified atom stereocenters. The van der Waals surface area contributed by atoms with E-state index in [-0.39, 0.29) is 11.5 Å². The number of nitrogens with zero attached hydrogens (tertiary/aromatic N) is 1. The summed E-state index contributed by atoms with van der Waals surface area (Å²) in [5.74, 6) is -0.341. The largest absolute Gasteiger partial charge is 0.321 e. The molecular weight excluding hydrogens is 370 g/mol. The van der Waals surface area contributed by atoms with E-state index in [4.69, 9.17) is 0 Å². The first-order valence-corrected chi connectivity index (χ1v) is 8.05. The first kappa shape index (κ1) is 16.1. The molecule has 1 amide bonds. The van der Waals surface area contributed by atoms with Crippen molar-refractivity contribution in [2.24, 2.45) is 5.10 Å². The number of nitrogens with one attached hydrogen (secondary N) is 2. The first-order valence-electron chi connectivity index (χ1n) is 7.26. The number of H-pyrrole nitrogens is 1. The molecule has 2 aromatic carbocycles. The second-order valence-corrected chi connectivity index (χ2v) is 6.21. The number of benzene rings is 2. The number of hydrazone groups is 1. The topological polar surface area (TPSA) is 74.3 Å². The Morgan fingerprint density at radius 1 is 1.21 bits per heavy atom. The van der Waals surface area contributed by atoms with E-state index in [0.717, 1.165) is 20.9 Å². The highest BCUT2D eigenvalue weighted by Crippen LogP contribution is 2.14. The molecule has 1 heterocycles. The van der Waals surface area contributed by atoms with Crippen molar-refractivity contribution < 1.29 is 4.79 Å². The third-order valence-electron chi connectivity index (χ3n) is 3.59. The van der Waals surface area contributed by atoms with Gasteiger partial charge in [0.15, 0.2) is 0 Å². The van der Waals surface area contributed by atoms with Crippen LogP contribution in [0.3, 0.4) is 0 Å². The number of halogens is 1. The summed E-state index contributed by atoms with van der Waals surface area (Å²) in [6.07, 6.45) is 1.34. The van der Waals surface area contributed by atoms with Crippen LogP contribution in [-0.2, 0) is 0 Å². The van der Waals surface area contributed by atoms with E-state index in [2.05, 4.69) is 31.4 Å². The van der Waals surface area contributed by atoms with Crippen molar-refractivity contribution in [3.63, 3.8) is 0 Å². The summed E-state index contributed by atoms with van der Waals surface area (Å²) < 4.78 is 0.889. The van der Waals surface area contributed by atoms with Gasteiger partial charge in [-0.15, -0.1) is 0 Å². The molecule has 0 fully saturated rings. The molecule has 1 aromatic heterocycles. The van der Waals surface area contributed by atoms with Crippen LogP contribution < -0.4 is 11.0 Å². The lowest BCUT2D eigenvalue weighted by atomic mass is 10.1. The lowest BCUT2D eigenvalue weighted by molar-refractivity contribution is 0.0955. The molecule has 0 bridgehead atoms. The summed E-state index contributed by atoms with van der Waals surface area (Å²) in [6.45, 7) is 1.93. The predicted octanol–water partition coefficient (Wildman–Crippen LogP) is 3.36. The fraction of sp³-hybridized carbons (Fsp3) is 0.0556. The number of hydrogen-bond acceptors (Lipinski definition) is 3. The van der Waals surface area contributed by atoms with Crippen LogP contribution in [0.5, 0.6) is 0 Å². The Balaban J connectivity index is 1.80. The van der Waals surface area contributed by atoms with Gasteiger partial charge in [0.05, 0.1) is 17.3 Å². The number of fused-ring (bicyclic) bond motifs is 1. The Hall–Kier alpha value is -2.73. The summed E-state index contributed by atoms with van der Waals surface area (Å²) in [4.78, 5) is 26.9. The van der Waals surface area contributed by atoms with Crippen molar-refractivity contribution in [2.75, 3.05) is 0 Å². The molecule has 0 aliphatic heterocycles. The van der Waals surface area contributed by atoms with E-state index in [0.29, 0.717) is 11.1 Å². The van der Waals surface area contributed by atoms with Crippen molar-refractivity contribution in [3.05, 3.63) is 80.0 Å². The Labute approximate surface area is 146 Å². The van der Waals surface area contributed by atoms with Crippen molar-refractivity contribution in [1.82, 2.24) is 10.4 Å². The number of amides is 1. The molecule has 2 N–H and O–H groups in total. The van der Waals surface area contributed by atoms with Crippen molar-refractivity contribution in [2.45, 2.75) is 6.92 Å². The van der Waals surface area contributed by atoms with Gasteiger partial charge in [0.25, 0.3) is 11.5 Å². The number of aromatic nitrogens is 1. The molecule has 0 saturated carbocycles. The van der Waals surface area contributed by atoms with E-state index in [1.165, 1.54) is 6.21 Å². The number of carbonyl (C=O) groups is 1. The van der Waals surface area contributed by atoms with Gasteiger partial charge in [0.1, 0.15) is 0 Å². The monoisotopic (exact) mass is 383 g/mol. The third kappa shape index (κ3) is 3.44. The van der Waals surface area contributed by atoms with E-state index in [1.54, 1.807) is 30.3 Å². The molecule has 3 rings (SSSR count). The maximum atomic E-state index is 12.1. The van der Waals surface area contributed by atoms with Crippen LogP contribution >= 0.6 is 15.9 Å². The normalized spacial score (nSPS) is 11.1. The number of para-hydroxylation sites is 1. The molecule has 3 aromatic rings. The van der Waals surface area contributed by atoms with Crippen LogP contribution in [0.25, 0.3) is 10.9 Å². The molecule has 0 saturated heterocycles. The zero-order chi connectivity index (χ0) is 17.1. The summed E-state index contributed by atoms with van der Waals surface area (Å²) in [7, 11) is 0. The molecule has 120 valence electrons. The van der Waals surface area contributed by atoms with Gasteiger partial charge in [0, 0.05) is 10.0 Å². The van der Waals surface area contributed by atoms with E-state index in [9.17, 15) is 9.59 Å². The van der Waals surface area contributed by atoms with Gasteiger partial charge in [-0.1, -0.05) is 34.1 Å². The molecule has 6 heteroatoms. The number of carbonyl (C=O) groups excluding carboxylic acids is 1. The minimum atomic E-state index is -0.341. The highest BCUT2D eigenvalue weighted by molar-refractivity contribution is 9.10. The van der Waals surface area contributed by atoms with E-state index >= 15 is 0 Å². The number of pyridine rings is 1. The molecule has 0 radical (unpaired) electrons. The Kier molecular flexibility index (Phi) is 4.57. The zero-order valence-corrected chi connectivity index (χ0v) is 14.4. The van der Waals surface area contributed by atoms with Gasteiger partial charge in [-0.05, 0) is 48.2 Å². The average molecular weight is 384 g/mol. The SMILES string of the molecule is Cc1cccc2cc(/C=N/NC(=O)c3ccc(Br)cc3)c(=O)[nH]c12. The number of aromatic amines is 1. The Morgan fingerprint density at radius 2 is 1.96 bits per heavy atom. The zero-order valence-electron chi connectivity index (χ0n) is 12.8.